The first-order chi connectivity index (χ1) is 7.31. The minimum atomic E-state index is 0.248. The Morgan fingerprint density at radius 1 is 1.40 bits per heavy atom. The molecule has 0 radical (unpaired) electrons. The Morgan fingerprint density at radius 2 is 2.13 bits per heavy atom. The van der Waals surface area contributed by atoms with Crippen molar-refractivity contribution in [3.05, 3.63) is 35.9 Å². The van der Waals surface area contributed by atoms with Crippen molar-refractivity contribution in [3.8, 4) is 0 Å². The molecule has 3 nitrogen and oxygen atoms in total. The van der Waals surface area contributed by atoms with Crippen LogP contribution in [0.1, 0.15) is 17.9 Å². The van der Waals surface area contributed by atoms with Gasteiger partial charge in [0, 0.05) is 18.9 Å². The summed E-state index contributed by atoms with van der Waals surface area (Å²) in [7, 11) is 1.86. The van der Waals surface area contributed by atoms with Gasteiger partial charge in [0.1, 0.15) is 0 Å². The minimum absolute atomic E-state index is 0.248. The second kappa shape index (κ2) is 4.45. The highest BCUT2D eigenvalue weighted by Crippen LogP contribution is 2.27. The van der Waals surface area contributed by atoms with E-state index in [1.807, 2.05) is 30.1 Å². The maximum atomic E-state index is 11.6. The van der Waals surface area contributed by atoms with Crippen LogP contribution in [0.15, 0.2) is 30.3 Å². The number of rotatable bonds is 3. The van der Waals surface area contributed by atoms with Crippen molar-refractivity contribution >= 4 is 5.91 Å². The number of amides is 1. The summed E-state index contributed by atoms with van der Waals surface area (Å²) in [6, 6.07) is 10.3. The second-order valence-electron chi connectivity index (χ2n) is 3.94. The molecule has 1 aliphatic heterocycles. The third-order valence-corrected chi connectivity index (χ3v) is 2.83. The van der Waals surface area contributed by atoms with Crippen LogP contribution in [0.3, 0.4) is 0 Å². The standard InChI is InChI=1S/C12H16N2O/c1-13-9-14-8-11(7-12(14)15)10-5-3-2-4-6-10/h2-6,11,13H,7-9H2,1H3. The summed E-state index contributed by atoms with van der Waals surface area (Å²) in [5.74, 6) is 0.616. The fourth-order valence-corrected chi connectivity index (χ4v) is 2.06. The van der Waals surface area contributed by atoms with E-state index < -0.39 is 0 Å². The lowest BCUT2D eigenvalue weighted by atomic mass is 9.99. The van der Waals surface area contributed by atoms with E-state index in [2.05, 4.69) is 17.4 Å². The monoisotopic (exact) mass is 204 g/mol. The van der Waals surface area contributed by atoms with Crippen molar-refractivity contribution in [2.45, 2.75) is 12.3 Å². The minimum Gasteiger partial charge on any atom is -0.329 e. The molecule has 1 amide bonds. The summed E-state index contributed by atoms with van der Waals surface area (Å²) in [6.45, 7) is 1.49. The zero-order chi connectivity index (χ0) is 10.7. The van der Waals surface area contributed by atoms with Gasteiger partial charge >= 0.3 is 0 Å². The maximum absolute atomic E-state index is 11.6. The molecule has 1 saturated heterocycles. The number of carbonyl (C=O) groups excluding carboxylic acids is 1. The Labute approximate surface area is 90.1 Å². The van der Waals surface area contributed by atoms with Crippen LogP contribution in [-0.2, 0) is 4.79 Å². The number of nitrogens with zero attached hydrogens (tertiary/aromatic N) is 1. The molecule has 2 rings (SSSR count). The van der Waals surface area contributed by atoms with E-state index in [1.165, 1.54) is 5.56 Å². The van der Waals surface area contributed by atoms with Crippen molar-refractivity contribution in [3.63, 3.8) is 0 Å². The van der Waals surface area contributed by atoms with E-state index in [0.717, 1.165) is 6.54 Å². The van der Waals surface area contributed by atoms with Crippen LogP contribution in [-0.4, -0.2) is 31.1 Å². The van der Waals surface area contributed by atoms with E-state index in [1.54, 1.807) is 0 Å². The predicted octanol–water partition coefficient (Wildman–Crippen LogP) is 1.18. The molecule has 1 aromatic rings. The van der Waals surface area contributed by atoms with E-state index in [-0.39, 0.29) is 5.91 Å². The van der Waals surface area contributed by atoms with Crippen LogP contribution in [0.4, 0.5) is 0 Å². The summed E-state index contributed by atoms with van der Waals surface area (Å²) >= 11 is 0. The fraction of sp³-hybridized carbons (Fsp3) is 0.417. The van der Waals surface area contributed by atoms with Crippen LogP contribution in [0, 0.1) is 0 Å². The molecule has 1 aromatic carbocycles. The highest BCUT2D eigenvalue weighted by atomic mass is 16.2. The van der Waals surface area contributed by atoms with Crippen molar-refractivity contribution in [1.82, 2.24) is 10.2 Å². The van der Waals surface area contributed by atoms with Gasteiger partial charge in [-0.1, -0.05) is 30.3 Å². The van der Waals surface area contributed by atoms with Crippen molar-refractivity contribution in [1.29, 1.82) is 0 Å². The first-order valence-corrected chi connectivity index (χ1v) is 5.28. The quantitative estimate of drug-likeness (QED) is 0.802. The van der Waals surface area contributed by atoms with Crippen LogP contribution < -0.4 is 5.32 Å². The smallest absolute Gasteiger partial charge is 0.224 e. The molecule has 80 valence electrons. The summed E-state index contributed by atoms with van der Waals surface area (Å²) in [4.78, 5) is 13.5. The Balaban J connectivity index is 2.06. The summed E-state index contributed by atoms with van der Waals surface area (Å²) in [5.41, 5.74) is 1.27. The van der Waals surface area contributed by atoms with Gasteiger partial charge in [0.2, 0.25) is 5.91 Å². The van der Waals surface area contributed by atoms with Gasteiger partial charge in [-0.2, -0.15) is 0 Å². The highest BCUT2D eigenvalue weighted by Gasteiger charge is 2.29. The van der Waals surface area contributed by atoms with Gasteiger partial charge < -0.3 is 10.2 Å². The third-order valence-electron chi connectivity index (χ3n) is 2.83. The molecule has 3 heteroatoms. The third kappa shape index (κ3) is 2.18. The van der Waals surface area contributed by atoms with Crippen LogP contribution in [0.2, 0.25) is 0 Å². The van der Waals surface area contributed by atoms with Crippen LogP contribution in [0.5, 0.6) is 0 Å². The van der Waals surface area contributed by atoms with E-state index in [0.29, 0.717) is 19.0 Å². The Morgan fingerprint density at radius 3 is 2.80 bits per heavy atom. The lowest BCUT2D eigenvalue weighted by molar-refractivity contribution is -0.127. The average molecular weight is 204 g/mol. The second-order valence-corrected chi connectivity index (χ2v) is 3.94. The van der Waals surface area contributed by atoms with Gasteiger partial charge in [-0.3, -0.25) is 4.79 Å². The van der Waals surface area contributed by atoms with Gasteiger partial charge in [-0.25, -0.2) is 0 Å². The molecular weight excluding hydrogens is 188 g/mol. The molecule has 0 bridgehead atoms. The SMILES string of the molecule is CNCN1CC(c2ccccc2)CC1=O. The zero-order valence-electron chi connectivity index (χ0n) is 8.94. The average Bonchev–Trinajstić information content (AvgIpc) is 2.63. The number of hydrogen-bond donors (Lipinski definition) is 1. The zero-order valence-corrected chi connectivity index (χ0v) is 8.94. The molecule has 1 unspecified atom stereocenters. The number of carbonyl (C=O) groups is 1. The Bertz CT molecular complexity index is 337. The molecule has 0 saturated carbocycles. The van der Waals surface area contributed by atoms with Gasteiger partial charge in [-0.15, -0.1) is 0 Å². The predicted molar refractivity (Wildman–Crippen MR) is 59.4 cm³/mol. The van der Waals surface area contributed by atoms with Crippen molar-refractivity contribution in [2.75, 3.05) is 20.3 Å². The largest absolute Gasteiger partial charge is 0.329 e. The van der Waals surface area contributed by atoms with E-state index in [9.17, 15) is 4.79 Å². The van der Waals surface area contributed by atoms with Crippen LogP contribution >= 0.6 is 0 Å². The molecule has 1 aliphatic rings. The molecule has 0 aliphatic carbocycles. The first kappa shape index (κ1) is 10.2. The van der Waals surface area contributed by atoms with Gasteiger partial charge in [0.15, 0.2) is 0 Å². The number of likely N-dealkylation sites (tertiary alicyclic amines) is 1. The molecular formula is C12H16N2O. The molecule has 1 fully saturated rings. The molecule has 0 aromatic heterocycles. The Kier molecular flexibility index (Phi) is 3.02. The molecule has 1 N–H and O–H groups in total. The lowest BCUT2D eigenvalue weighted by Gasteiger charge is -2.15. The first-order valence-electron chi connectivity index (χ1n) is 5.28. The van der Waals surface area contributed by atoms with Crippen molar-refractivity contribution < 1.29 is 4.79 Å². The summed E-state index contributed by atoms with van der Waals surface area (Å²) in [5, 5.41) is 3.02. The fourth-order valence-electron chi connectivity index (χ4n) is 2.06. The number of benzene rings is 1. The summed E-state index contributed by atoms with van der Waals surface area (Å²) < 4.78 is 0. The molecule has 15 heavy (non-hydrogen) atoms. The van der Waals surface area contributed by atoms with E-state index in [4.69, 9.17) is 0 Å². The molecule has 1 atom stereocenters. The highest BCUT2D eigenvalue weighted by molar-refractivity contribution is 5.79. The lowest BCUT2D eigenvalue weighted by Crippen LogP contribution is -2.33. The topological polar surface area (TPSA) is 32.3 Å². The van der Waals surface area contributed by atoms with Gasteiger partial charge in [0.25, 0.3) is 0 Å². The molecule has 0 spiro atoms. The number of nitrogens with one attached hydrogen (secondary N) is 1. The number of hydrogen-bond acceptors (Lipinski definition) is 2. The van der Waals surface area contributed by atoms with Crippen molar-refractivity contribution in [2.24, 2.45) is 0 Å². The molecule has 1 heterocycles. The summed E-state index contributed by atoms with van der Waals surface area (Å²) in [6.07, 6.45) is 0.645. The van der Waals surface area contributed by atoms with Crippen LogP contribution in [0.25, 0.3) is 0 Å². The van der Waals surface area contributed by atoms with Gasteiger partial charge in [-0.05, 0) is 12.6 Å². The maximum Gasteiger partial charge on any atom is 0.224 e. The van der Waals surface area contributed by atoms with E-state index >= 15 is 0 Å². The van der Waals surface area contributed by atoms with Gasteiger partial charge in [0.05, 0.1) is 6.67 Å². The normalized spacial score (nSPS) is 21.0. The Hall–Kier alpha value is -1.35.